The van der Waals surface area contributed by atoms with Crippen LogP contribution in [0, 0.1) is 5.82 Å². The van der Waals surface area contributed by atoms with Crippen LogP contribution in [0.2, 0.25) is 0 Å². The number of thioether (sulfide) groups is 1. The third-order valence-electron chi connectivity index (χ3n) is 3.09. The highest BCUT2D eigenvalue weighted by Gasteiger charge is 2.12. The lowest BCUT2D eigenvalue weighted by Crippen LogP contribution is -2.12. The van der Waals surface area contributed by atoms with Crippen LogP contribution in [0.1, 0.15) is 24.1 Å². The van der Waals surface area contributed by atoms with E-state index in [1.165, 1.54) is 18.1 Å². The molecule has 0 aliphatic carbocycles. The number of ether oxygens (including phenoxy) is 1. The smallest absolute Gasteiger partial charge is 0.165 e. The zero-order valence-electron chi connectivity index (χ0n) is 11.6. The first-order valence-corrected chi connectivity index (χ1v) is 7.46. The molecule has 4 heteroatoms. The van der Waals surface area contributed by atoms with Gasteiger partial charge in [0.05, 0.1) is 13.2 Å². The SMILES string of the molecule is CCSc1ccc(C(N)c2ccc(OC)c(F)c2)cc1. The van der Waals surface area contributed by atoms with Crippen molar-refractivity contribution in [3.63, 3.8) is 0 Å². The van der Waals surface area contributed by atoms with Crippen LogP contribution in [-0.4, -0.2) is 12.9 Å². The molecule has 0 aromatic heterocycles. The van der Waals surface area contributed by atoms with Gasteiger partial charge >= 0.3 is 0 Å². The monoisotopic (exact) mass is 291 g/mol. The van der Waals surface area contributed by atoms with Crippen LogP contribution in [0.5, 0.6) is 5.75 Å². The largest absolute Gasteiger partial charge is 0.494 e. The first-order chi connectivity index (χ1) is 9.65. The molecule has 0 spiro atoms. The van der Waals surface area contributed by atoms with Gasteiger partial charge in [-0.05, 0) is 41.1 Å². The third-order valence-corrected chi connectivity index (χ3v) is 3.98. The Labute approximate surface area is 123 Å². The first kappa shape index (κ1) is 14.9. The van der Waals surface area contributed by atoms with Crippen LogP contribution in [0.4, 0.5) is 4.39 Å². The summed E-state index contributed by atoms with van der Waals surface area (Å²) in [6, 6.07) is 12.6. The summed E-state index contributed by atoms with van der Waals surface area (Å²) < 4.78 is 18.6. The molecule has 1 unspecified atom stereocenters. The number of halogens is 1. The molecule has 2 aromatic rings. The summed E-state index contributed by atoms with van der Waals surface area (Å²) in [7, 11) is 1.45. The minimum atomic E-state index is -0.390. The van der Waals surface area contributed by atoms with E-state index in [0.29, 0.717) is 0 Å². The van der Waals surface area contributed by atoms with Crippen LogP contribution < -0.4 is 10.5 Å². The van der Waals surface area contributed by atoms with Gasteiger partial charge in [-0.15, -0.1) is 11.8 Å². The number of nitrogens with two attached hydrogens (primary N) is 1. The standard InChI is InChI=1S/C16H18FNOS/c1-3-20-13-7-4-11(5-8-13)16(18)12-6-9-15(19-2)14(17)10-12/h4-10,16H,3,18H2,1-2H3. The predicted octanol–water partition coefficient (Wildman–Crippen LogP) is 3.99. The Morgan fingerprint density at radius 2 is 1.80 bits per heavy atom. The van der Waals surface area contributed by atoms with E-state index in [1.54, 1.807) is 23.9 Å². The van der Waals surface area contributed by atoms with E-state index in [1.807, 2.05) is 24.3 Å². The summed E-state index contributed by atoms with van der Waals surface area (Å²) in [5, 5.41) is 0. The highest BCUT2D eigenvalue weighted by Crippen LogP contribution is 2.26. The van der Waals surface area contributed by atoms with Crippen LogP contribution in [0.3, 0.4) is 0 Å². The minimum absolute atomic E-state index is 0.232. The van der Waals surface area contributed by atoms with Crippen molar-refractivity contribution in [1.82, 2.24) is 0 Å². The molecular weight excluding hydrogens is 273 g/mol. The third kappa shape index (κ3) is 3.32. The molecule has 0 aliphatic heterocycles. The molecule has 106 valence electrons. The van der Waals surface area contributed by atoms with E-state index in [0.717, 1.165) is 16.9 Å². The molecule has 0 saturated heterocycles. The minimum Gasteiger partial charge on any atom is -0.494 e. The van der Waals surface area contributed by atoms with E-state index in [-0.39, 0.29) is 11.8 Å². The maximum atomic E-state index is 13.7. The van der Waals surface area contributed by atoms with Crippen molar-refractivity contribution in [3.8, 4) is 5.75 Å². The van der Waals surface area contributed by atoms with Crippen molar-refractivity contribution in [1.29, 1.82) is 0 Å². The maximum absolute atomic E-state index is 13.7. The molecule has 0 amide bonds. The van der Waals surface area contributed by atoms with Crippen molar-refractivity contribution in [2.45, 2.75) is 17.9 Å². The maximum Gasteiger partial charge on any atom is 0.165 e. The molecule has 2 N–H and O–H groups in total. The fourth-order valence-electron chi connectivity index (χ4n) is 2.01. The molecular formula is C16H18FNOS. The second kappa shape index (κ2) is 6.77. The molecule has 2 nitrogen and oxygen atoms in total. The summed E-state index contributed by atoms with van der Waals surface area (Å²) in [5.74, 6) is 0.879. The van der Waals surface area contributed by atoms with E-state index in [9.17, 15) is 4.39 Å². The zero-order chi connectivity index (χ0) is 14.5. The summed E-state index contributed by atoms with van der Waals surface area (Å²) in [4.78, 5) is 1.21. The van der Waals surface area contributed by atoms with Crippen molar-refractivity contribution < 1.29 is 9.13 Å². The Bertz CT molecular complexity index is 571. The van der Waals surface area contributed by atoms with Gasteiger partial charge in [-0.1, -0.05) is 25.1 Å². The number of hydrogen-bond donors (Lipinski definition) is 1. The van der Waals surface area contributed by atoms with Gasteiger partial charge in [-0.3, -0.25) is 0 Å². The summed E-state index contributed by atoms with van der Waals surface area (Å²) in [6.07, 6.45) is 0. The lowest BCUT2D eigenvalue weighted by molar-refractivity contribution is 0.386. The van der Waals surface area contributed by atoms with E-state index in [4.69, 9.17) is 10.5 Å². The average molecular weight is 291 g/mol. The summed E-state index contributed by atoms with van der Waals surface area (Å²) in [5.41, 5.74) is 7.89. The molecule has 0 bridgehead atoms. The van der Waals surface area contributed by atoms with Gasteiger partial charge in [0.25, 0.3) is 0 Å². The highest BCUT2D eigenvalue weighted by atomic mass is 32.2. The molecule has 0 aliphatic rings. The van der Waals surface area contributed by atoms with Crippen molar-refractivity contribution in [2.75, 3.05) is 12.9 Å². The Hall–Kier alpha value is -1.52. The number of methoxy groups -OCH3 is 1. The Kier molecular flexibility index (Phi) is 5.04. The summed E-state index contributed by atoms with van der Waals surface area (Å²) in [6.45, 7) is 2.12. The fourth-order valence-corrected chi connectivity index (χ4v) is 2.67. The lowest BCUT2D eigenvalue weighted by Gasteiger charge is -2.14. The van der Waals surface area contributed by atoms with Crippen LogP contribution in [0.15, 0.2) is 47.4 Å². The van der Waals surface area contributed by atoms with Crippen LogP contribution in [-0.2, 0) is 0 Å². The van der Waals surface area contributed by atoms with Gasteiger partial charge in [0.15, 0.2) is 11.6 Å². The first-order valence-electron chi connectivity index (χ1n) is 6.47. The van der Waals surface area contributed by atoms with Gasteiger partial charge in [-0.25, -0.2) is 4.39 Å². The molecule has 2 aromatic carbocycles. The number of benzene rings is 2. The van der Waals surface area contributed by atoms with Crippen LogP contribution >= 0.6 is 11.8 Å². The zero-order valence-corrected chi connectivity index (χ0v) is 12.4. The van der Waals surface area contributed by atoms with Crippen LogP contribution in [0.25, 0.3) is 0 Å². The summed E-state index contributed by atoms with van der Waals surface area (Å²) >= 11 is 1.78. The van der Waals surface area contributed by atoms with Gasteiger partial charge in [0, 0.05) is 4.90 Å². The average Bonchev–Trinajstić information content (AvgIpc) is 2.47. The normalized spacial score (nSPS) is 12.2. The molecule has 0 saturated carbocycles. The molecule has 0 fully saturated rings. The van der Waals surface area contributed by atoms with Gasteiger partial charge in [0.2, 0.25) is 0 Å². The Morgan fingerprint density at radius 1 is 1.15 bits per heavy atom. The van der Waals surface area contributed by atoms with Crippen molar-refractivity contribution in [2.24, 2.45) is 5.73 Å². The van der Waals surface area contributed by atoms with E-state index < -0.39 is 5.82 Å². The van der Waals surface area contributed by atoms with Crippen molar-refractivity contribution in [3.05, 3.63) is 59.4 Å². The van der Waals surface area contributed by atoms with E-state index >= 15 is 0 Å². The van der Waals surface area contributed by atoms with Crippen molar-refractivity contribution >= 4 is 11.8 Å². The van der Waals surface area contributed by atoms with Gasteiger partial charge in [-0.2, -0.15) is 0 Å². The molecule has 0 heterocycles. The number of hydrogen-bond acceptors (Lipinski definition) is 3. The topological polar surface area (TPSA) is 35.2 Å². The Balaban J connectivity index is 2.21. The second-order valence-corrected chi connectivity index (χ2v) is 5.71. The Morgan fingerprint density at radius 3 is 2.35 bits per heavy atom. The van der Waals surface area contributed by atoms with Gasteiger partial charge < -0.3 is 10.5 Å². The lowest BCUT2D eigenvalue weighted by atomic mass is 9.99. The van der Waals surface area contributed by atoms with Gasteiger partial charge in [0.1, 0.15) is 0 Å². The van der Waals surface area contributed by atoms with E-state index in [2.05, 4.69) is 6.92 Å². The quantitative estimate of drug-likeness (QED) is 0.846. The molecule has 0 radical (unpaired) electrons. The number of rotatable bonds is 5. The molecule has 2 rings (SSSR count). The fraction of sp³-hybridized carbons (Fsp3) is 0.250. The second-order valence-electron chi connectivity index (χ2n) is 4.37. The predicted molar refractivity (Wildman–Crippen MR) is 81.8 cm³/mol. The molecule has 1 atom stereocenters. The highest BCUT2D eigenvalue weighted by molar-refractivity contribution is 7.99. The molecule has 20 heavy (non-hydrogen) atoms.